The Hall–Kier alpha value is -3.60. The van der Waals surface area contributed by atoms with Crippen LogP contribution in [0.4, 0.5) is 5.82 Å². The molecule has 11 atom stereocenters. The zero-order valence-electron chi connectivity index (χ0n) is 33.2. The number of Topliss-reactive ketones (excluding diaryl/α,β-unsaturated/α-hetero) is 1. The molecule has 0 aliphatic carbocycles. The van der Waals surface area contributed by atoms with Crippen molar-refractivity contribution in [2.24, 2.45) is 5.92 Å². The number of phosphoric acid groups is 1. The summed E-state index contributed by atoms with van der Waals surface area (Å²) in [5.41, 5.74) is 5.25. The van der Waals surface area contributed by atoms with E-state index in [4.69, 9.17) is 29.0 Å². The minimum absolute atomic E-state index is 0. The molecule has 2 aliphatic rings. The SMILES string of the molecule is Nc1ccn([C@@H]2O[C@H](COP(=O)(O)O[C@@]3(C(=O)[O-])C[C@@H](O)[C@@H](CC(=O)CNC(=O)CCOCCCNC(=O)c4ccc(C=O)cc4)C([C@H](O)[C@H](O)CO)O3)[C@H](O)C2O)c(=O)n1.[Na+]. The Balaban J connectivity index is 0.0000102. The third-order valence-corrected chi connectivity index (χ3v) is 10.6. The number of hydrogen-bond acceptors (Lipinski definition) is 21. The third kappa shape index (κ3) is 14.2. The molecule has 2 saturated heterocycles. The van der Waals surface area contributed by atoms with E-state index in [1.54, 1.807) is 0 Å². The Morgan fingerprint density at radius 3 is 2.42 bits per heavy atom. The predicted octanol–water partition coefficient (Wildman–Crippen LogP) is -8.38. The zero-order valence-corrected chi connectivity index (χ0v) is 36.1. The van der Waals surface area contributed by atoms with Crippen molar-refractivity contribution in [2.45, 2.75) is 80.4 Å². The van der Waals surface area contributed by atoms with Crippen molar-refractivity contribution in [2.75, 3.05) is 45.3 Å². The summed E-state index contributed by atoms with van der Waals surface area (Å²) < 4.78 is 39.6. The first-order valence-electron chi connectivity index (χ1n) is 18.6. The number of nitrogens with two attached hydrogens (primary N) is 1. The average molecular weight is 912 g/mol. The van der Waals surface area contributed by atoms with Crippen LogP contribution in [0.25, 0.3) is 0 Å². The summed E-state index contributed by atoms with van der Waals surface area (Å²) in [5, 5.41) is 79.9. The van der Waals surface area contributed by atoms with Crippen LogP contribution in [0.3, 0.4) is 0 Å². The van der Waals surface area contributed by atoms with Gasteiger partial charge < -0.3 is 76.0 Å². The number of carbonyl (C=O) groups excluding carboxylic acids is 5. The third-order valence-electron chi connectivity index (χ3n) is 9.56. The topological polar surface area (TPSA) is 398 Å². The fourth-order valence-electron chi connectivity index (χ4n) is 6.31. The van der Waals surface area contributed by atoms with Crippen molar-refractivity contribution in [3.8, 4) is 0 Å². The molecule has 2 amide bonds. The van der Waals surface area contributed by atoms with Crippen LogP contribution in [-0.4, -0.2) is 163 Å². The van der Waals surface area contributed by atoms with Gasteiger partial charge in [0.15, 0.2) is 12.0 Å². The Bertz CT molecular complexity index is 1960. The molecule has 27 heteroatoms. The molecule has 338 valence electrons. The number of benzene rings is 1. The number of carbonyl (C=O) groups is 5. The van der Waals surface area contributed by atoms with E-state index in [-0.39, 0.29) is 67.5 Å². The van der Waals surface area contributed by atoms with Gasteiger partial charge >= 0.3 is 43.1 Å². The van der Waals surface area contributed by atoms with E-state index in [0.29, 0.717) is 23.8 Å². The molecule has 0 saturated carbocycles. The van der Waals surface area contributed by atoms with Crippen LogP contribution in [0.15, 0.2) is 41.3 Å². The number of phosphoric ester groups is 1. The Morgan fingerprint density at radius 2 is 1.79 bits per heavy atom. The molecule has 1 aromatic heterocycles. The number of aromatic nitrogens is 2. The van der Waals surface area contributed by atoms with Gasteiger partial charge in [0.2, 0.25) is 11.7 Å². The molecule has 0 radical (unpaired) electrons. The van der Waals surface area contributed by atoms with Gasteiger partial charge in [0.1, 0.15) is 48.6 Å². The van der Waals surface area contributed by atoms with E-state index in [9.17, 15) is 74.0 Å². The van der Waals surface area contributed by atoms with Gasteiger partial charge in [0, 0.05) is 55.7 Å². The number of amides is 2. The molecule has 0 bridgehead atoms. The summed E-state index contributed by atoms with van der Waals surface area (Å²) in [4.78, 5) is 86.9. The van der Waals surface area contributed by atoms with Crippen molar-refractivity contribution in [3.63, 3.8) is 0 Å². The van der Waals surface area contributed by atoms with Gasteiger partial charge in [-0.2, -0.15) is 4.98 Å². The summed E-state index contributed by atoms with van der Waals surface area (Å²) in [6.45, 7) is -2.50. The molecule has 62 heavy (non-hydrogen) atoms. The van der Waals surface area contributed by atoms with Crippen LogP contribution in [0.2, 0.25) is 0 Å². The van der Waals surface area contributed by atoms with Gasteiger partial charge in [-0.1, -0.05) is 12.1 Å². The van der Waals surface area contributed by atoms with Crippen molar-refractivity contribution < 1.29 is 122 Å². The van der Waals surface area contributed by atoms with E-state index in [1.165, 1.54) is 30.3 Å². The first-order chi connectivity index (χ1) is 28.8. The maximum Gasteiger partial charge on any atom is 1.00 e. The van der Waals surface area contributed by atoms with E-state index in [1.807, 2.05) is 0 Å². The van der Waals surface area contributed by atoms with Crippen molar-refractivity contribution in [1.82, 2.24) is 20.2 Å². The second-order valence-electron chi connectivity index (χ2n) is 14.0. The minimum atomic E-state index is -5.68. The molecule has 2 fully saturated rings. The van der Waals surface area contributed by atoms with Gasteiger partial charge in [-0.15, -0.1) is 0 Å². The summed E-state index contributed by atoms with van der Waals surface area (Å²) in [6.07, 6.45) is -15.4. The standard InChI is InChI=1S/C35H48N5O20P.Na/c36-25-6-9-40(34(53)39-25)32-29(49)28(48)24(58-32)17-57-61(54,55)60-35(33(51)52)13-22(44)21(30(59-35)27(47)23(45)16-42)12-20(43)14-38-26(46)7-11-56-10-1-8-37-31(50)19-4-2-18(15-41)3-5-19;/h2-6,9,15,21-24,27-30,32,42,44-45,47-49H,1,7-8,10-14,16-17H2,(H,37,50)(H,38,46)(H,51,52)(H,54,55)(H2,36,39,53);/q;+1/p-1/t21-,22-,23-,24-,27-,28+,29?,30?,32-,35-;/m1./s1. The van der Waals surface area contributed by atoms with Crippen molar-refractivity contribution >= 4 is 43.5 Å². The number of aliphatic hydroxyl groups is 6. The normalized spacial score (nSPS) is 26.6. The van der Waals surface area contributed by atoms with Crippen molar-refractivity contribution in [1.29, 1.82) is 0 Å². The smallest absolute Gasteiger partial charge is 0.544 e. The number of rotatable bonds is 23. The zero-order chi connectivity index (χ0) is 45.1. The van der Waals surface area contributed by atoms with Gasteiger partial charge in [-0.05, 0) is 24.6 Å². The predicted molar refractivity (Wildman–Crippen MR) is 198 cm³/mol. The fraction of sp³-hybridized carbons (Fsp3) is 0.571. The van der Waals surface area contributed by atoms with E-state index in [2.05, 4.69) is 15.6 Å². The number of aliphatic hydroxyl groups excluding tert-OH is 6. The van der Waals surface area contributed by atoms with Crippen LogP contribution < -0.4 is 56.7 Å². The molecule has 25 nitrogen and oxygen atoms in total. The molecule has 0 spiro atoms. The number of hydrogen-bond donors (Lipinski definition) is 10. The first-order valence-corrected chi connectivity index (χ1v) is 20.1. The van der Waals surface area contributed by atoms with Gasteiger partial charge in [-0.25, -0.2) is 13.9 Å². The second-order valence-corrected chi connectivity index (χ2v) is 15.4. The molecular formula is C35H47N5NaO20P. The van der Waals surface area contributed by atoms with Crippen LogP contribution >= 0.6 is 7.82 Å². The number of carboxylic acids is 1. The number of aliphatic carboxylic acids is 1. The van der Waals surface area contributed by atoms with Gasteiger partial charge in [0.05, 0.1) is 38.6 Å². The molecule has 3 unspecified atom stereocenters. The number of nitrogen functional groups attached to an aromatic ring is 1. The maximum absolute atomic E-state index is 13.1. The molecule has 11 N–H and O–H groups in total. The Morgan fingerprint density at radius 1 is 1.10 bits per heavy atom. The van der Waals surface area contributed by atoms with E-state index < -0.39 is 124 Å². The van der Waals surface area contributed by atoms with Crippen LogP contribution in [0, 0.1) is 5.92 Å². The largest absolute Gasteiger partial charge is 1.00 e. The molecule has 4 rings (SSSR count). The number of nitrogens with zero attached hydrogens (tertiary/aromatic N) is 2. The molecule has 2 aliphatic heterocycles. The van der Waals surface area contributed by atoms with Crippen LogP contribution in [0.5, 0.6) is 0 Å². The van der Waals surface area contributed by atoms with Crippen LogP contribution in [0.1, 0.15) is 52.6 Å². The summed E-state index contributed by atoms with van der Waals surface area (Å²) >= 11 is 0. The van der Waals surface area contributed by atoms with Crippen LogP contribution in [-0.2, 0) is 42.2 Å². The van der Waals surface area contributed by atoms with Gasteiger partial charge in [-0.3, -0.25) is 28.3 Å². The first kappa shape index (κ1) is 52.7. The maximum atomic E-state index is 13.1. The number of anilines is 1. The second kappa shape index (κ2) is 23.9. The van der Waals surface area contributed by atoms with Gasteiger partial charge in [0.25, 0.3) is 5.91 Å². The summed E-state index contributed by atoms with van der Waals surface area (Å²) in [5.74, 6) is -9.34. The van der Waals surface area contributed by atoms with Crippen molar-refractivity contribution in [3.05, 3.63) is 58.1 Å². The Labute approximate surface area is 374 Å². The number of ether oxygens (including phenoxy) is 3. The fourth-order valence-corrected chi connectivity index (χ4v) is 7.26. The van der Waals surface area contributed by atoms with E-state index >= 15 is 0 Å². The van der Waals surface area contributed by atoms with E-state index in [0.717, 1.165) is 10.8 Å². The average Bonchev–Trinajstić information content (AvgIpc) is 3.50. The summed E-state index contributed by atoms with van der Waals surface area (Å²) in [7, 11) is -5.68. The Kier molecular flexibility index (Phi) is 20.3. The number of aldehydes is 1. The quantitative estimate of drug-likeness (QED) is 0.0214. The molecule has 3 heterocycles. The number of ketones is 1. The molecule has 1 aromatic carbocycles. The number of carboxylic acid groups (broad SMARTS) is 1. The summed E-state index contributed by atoms with van der Waals surface area (Å²) in [6, 6.07) is 7.19. The molecular weight excluding hydrogens is 864 g/mol. The minimum Gasteiger partial charge on any atom is -0.544 e. The monoisotopic (exact) mass is 911 g/mol. The number of nitrogens with one attached hydrogen (secondary N) is 2. The molecule has 2 aromatic rings.